The molecule has 1 aliphatic rings. The van der Waals surface area contributed by atoms with Crippen molar-refractivity contribution >= 4 is 5.82 Å². The summed E-state index contributed by atoms with van der Waals surface area (Å²) in [6.07, 6.45) is 2.08. The summed E-state index contributed by atoms with van der Waals surface area (Å²) in [5.74, 6) is 2.39. The number of hydrogen-bond acceptors (Lipinski definition) is 5. The molecule has 0 radical (unpaired) electrons. The standard InChI is InChI=1S/C13H22N4O/c1-10-7-12(14-2)16-13(15-10)9-17-5-3-11(8-17)4-6-18/h7,11,18H,3-6,8-9H2,1-2H3,(H,14,15,16). The van der Waals surface area contributed by atoms with Crippen LogP contribution in [-0.4, -0.2) is 46.7 Å². The molecular weight excluding hydrogens is 228 g/mol. The number of aliphatic hydroxyl groups excluding tert-OH is 1. The minimum Gasteiger partial charge on any atom is -0.396 e. The predicted molar refractivity (Wildman–Crippen MR) is 71.4 cm³/mol. The van der Waals surface area contributed by atoms with E-state index in [1.54, 1.807) is 0 Å². The van der Waals surface area contributed by atoms with Gasteiger partial charge in [-0.1, -0.05) is 0 Å². The molecule has 2 heterocycles. The van der Waals surface area contributed by atoms with Crippen LogP contribution in [-0.2, 0) is 6.54 Å². The maximum absolute atomic E-state index is 8.96. The van der Waals surface area contributed by atoms with Crippen LogP contribution in [0.4, 0.5) is 5.82 Å². The highest BCUT2D eigenvalue weighted by Crippen LogP contribution is 2.20. The van der Waals surface area contributed by atoms with E-state index in [0.717, 1.165) is 43.4 Å². The lowest BCUT2D eigenvalue weighted by Crippen LogP contribution is -2.22. The van der Waals surface area contributed by atoms with Crippen molar-refractivity contribution in [2.75, 3.05) is 32.1 Å². The number of likely N-dealkylation sites (tertiary alicyclic amines) is 1. The molecule has 1 aromatic heterocycles. The summed E-state index contributed by atoms with van der Waals surface area (Å²) in [7, 11) is 1.87. The van der Waals surface area contributed by atoms with Crippen molar-refractivity contribution in [1.82, 2.24) is 14.9 Å². The number of aryl methyl sites for hydroxylation is 1. The molecule has 1 unspecified atom stereocenters. The van der Waals surface area contributed by atoms with Crippen LogP contribution in [0.25, 0.3) is 0 Å². The van der Waals surface area contributed by atoms with Crippen molar-refractivity contribution in [2.24, 2.45) is 5.92 Å². The third-order valence-electron chi connectivity index (χ3n) is 3.43. The van der Waals surface area contributed by atoms with Gasteiger partial charge in [0.25, 0.3) is 0 Å². The third-order valence-corrected chi connectivity index (χ3v) is 3.43. The molecule has 1 aliphatic heterocycles. The molecule has 5 nitrogen and oxygen atoms in total. The van der Waals surface area contributed by atoms with Crippen molar-refractivity contribution in [3.8, 4) is 0 Å². The van der Waals surface area contributed by atoms with Gasteiger partial charge in [-0.2, -0.15) is 0 Å². The summed E-state index contributed by atoms with van der Waals surface area (Å²) in [6.45, 7) is 5.22. The lowest BCUT2D eigenvalue weighted by molar-refractivity contribution is 0.248. The molecule has 1 aromatic rings. The molecule has 0 aliphatic carbocycles. The van der Waals surface area contributed by atoms with Crippen molar-refractivity contribution in [3.63, 3.8) is 0 Å². The number of anilines is 1. The Labute approximate surface area is 108 Å². The zero-order valence-electron chi connectivity index (χ0n) is 11.2. The van der Waals surface area contributed by atoms with Crippen LogP contribution in [0.3, 0.4) is 0 Å². The fourth-order valence-electron chi connectivity index (χ4n) is 2.50. The highest BCUT2D eigenvalue weighted by atomic mass is 16.3. The molecule has 2 rings (SSSR count). The van der Waals surface area contributed by atoms with Crippen molar-refractivity contribution < 1.29 is 5.11 Å². The van der Waals surface area contributed by atoms with E-state index in [4.69, 9.17) is 5.11 Å². The Morgan fingerprint density at radius 1 is 1.50 bits per heavy atom. The molecule has 5 heteroatoms. The average molecular weight is 250 g/mol. The number of aromatic nitrogens is 2. The SMILES string of the molecule is CNc1cc(C)nc(CN2CCC(CCO)C2)n1. The van der Waals surface area contributed by atoms with Gasteiger partial charge in [-0.05, 0) is 32.2 Å². The number of hydrogen-bond donors (Lipinski definition) is 2. The minimum absolute atomic E-state index is 0.295. The zero-order valence-corrected chi connectivity index (χ0v) is 11.2. The smallest absolute Gasteiger partial charge is 0.144 e. The van der Waals surface area contributed by atoms with Crippen LogP contribution in [0.5, 0.6) is 0 Å². The molecule has 0 spiro atoms. The van der Waals surface area contributed by atoms with Crippen molar-refractivity contribution in [2.45, 2.75) is 26.3 Å². The largest absolute Gasteiger partial charge is 0.396 e. The molecular formula is C13H22N4O. The van der Waals surface area contributed by atoms with Gasteiger partial charge in [0, 0.05) is 32.0 Å². The number of nitrogens with zero attached hydrogens (tertiary/aromatic N) is 3. The quantitative estimate of drug-likeness (QED) is 0.817. The van der Waals surface area contributed by atoms with E-state index in [0.29, 0.717) is 12.5 Å². The third kappa shape index (κ3) is 3.40. The number of nitrogens with one attached hydrogen (secondary N) is 1. The molecule has 2 N–H and O–H groups in total. The Morgan fingerprint density at radius 2 is 2.33 bits per heavy atom. The Kier molecular flexibility index (Phi) is 4.49. The normalized spacial score (nSPS) is 20.3. The van der Waals surface area contributed by atoms with Gasteiger partial charge in [0.1, 0.15) is 11.6 Å². The highest BCUT2D eigenvalue weighted by Gasteiger charge is 2.22. The number of aliphatic hydroxyl groups is 1. The van der Waals surface area contributed by atoms with Crippen LogP contribution in [0.15, 0.2) is 6.07 Å². The van der Waals surface area contributed by atoms with Gasteiger partial charge < -0.3 is 10.4 Å². The molecule has 1 atom stereocenters. The van der Waals surface area contributed by atoms with E-state index >= 15 is 0 Å². The van der Waals surface area contributed by atoms with E-state index in [-0.39, 0.29) is 0 Å². The van der Waals surface area contributed by atoms with E-state index in [9.17, 15) is 0 Å². The second-order valence-corrected chi connectivity index (χ2v) is 4.96. The molecule has 0 bridgehead atoms. The lowest BCUT2D eigenvalue weighted by atomic mass is 10.1. The zero-order chi connectivity index (χ0) is 13.0. The first kappa shape index (κ1) is 13.2. The molecule has 1 saturated heterocycles. The van der Waals surface area contributed by atoms with Gasteiger partial charge in [0.2, 0.25) is 0 Å². The second kappa shape index (κ2) is 6.11. The Bertz CT molecular complexity index is 397. The van der Waals surface area contributed by atoms with Gasteiger partial charge in [0.15, 0.2) is 0 Å². The molecule has 0 aromatic carbocycles. The first-order chi connectivity index (χ1) is 8.71. The van der Waals surface area contributed by atoms with Crippen LogP contribution < -0.4 is 5.32 Å². The second-order valence-electron chi connectivity index (χ2n) is 4.96. The molecule has 100 valence electrons. The van der Waals surface area contributed by atoms with E-state index in [1.807, 2.05) is 20.0 Å². The first-order valence-corrected chi connectivity index (χ1v) is 6.56. The predicted octanol–water partition coefficient (Wildman–Crippen LogP) is 1.03. The maximum Gasteiger partial charge on any atom is 0.144 e. The van der Waals surface area contributed by atoms with Gasteiger partial charge in [0.05, 0.1) is 6.54 Å². The minimum atomic E-state index is 0.295. The Balaban J connectivity index is 1.95. The van der Waals surface area contributed by atoms with Crippen molar-refractivity contribution in [1.29, 1.82) is 0 Å². The van der Waals surface area contributed by atoms with E-state index in [2.05, 4.69) is 20.2 Å². The summed E-state index contributed by atoms with van der Waals surface area (Å²) < 4.78 is 0. The lowest BCUT2D eigenvalue weighted by Gasteiger charge is -2.15. The van der Waals surface area contributed by atoms with Gasteiger partial charge in [-0.3, -0.25) is 4.90 Å². The van der Waals surface area contributed by atoms with Crippen molar-refractivity contribution in [3.05, 3.63) is 17.6 Å². The first-order valence-electron chi connectivity index (χ1n) is 6.56. The molecule has 1 fully saturated rings. The van der Waals surface area contributed by atoms with Crippen LogP contribution in [0, 0.1) is 12.8 Å². The maximum atomic E-state index is 8.96. The highest BCUT2D eigenvalue weighted by molar-refractivity contribution is 5.34. The average Bonchev–Trinajstić information content (AvgIpc) is 2.76. The molecule has 0 saturated carbocycles. The fourth-order valence-corrected chi connectivity index (χ4v) is 2.50. The summed E-state index contributed by atoms with van der Waals surface area (Å²) in [5, 5.41) is 12.0. The molecule has 18 heavy (non-hydrogen) atoms. The van der Waals surface area contributed by atoms with Gasteiger partial charge >= 0.3 is 0 Å². The van der Waals surface area contributed by atoms with Gasteiger partial charge in [-0.15, -0.1) is 0 Å². The van der Waals surface area contributed by atoms with E-state index < -0.39 is 0 Å². The summed E-state index contributed by atoms with van der Waals surface area (Å²) in [6, 6.07) is 1.95. The Hall–Kier alpha value is -1.20. The van der Waals surface area contributed by atoms with Crippen LogP contribution in [0.1, 0.15) is 24.4 Å². The van der Waals surface area contributed by atoms with E-state index in [1.165, 1.54) is 6.42 Å². The summed E-state index contributed by atoms with van der Waals surface area (Å²) in [4.78, 5) is 11.3. The van der Waals surface area contributed by atoms with Crippen LogP contribution >= 0.6 is 0 Å². The Morgan fingerprint density at radius 3 is 3.06 bits per heavy atom. The summed E-state index contributed by atoms with van der Waals surface area (Å²) in [5.41, 5.74) is 0.996. The topological polar surface area (TPSA) is 61.3 Å². The monoisotopic (exact) mass is 250 g/mol. The fraction of sp³-hybridized carbons (Fsp3) is 0.692. The van der Waals surface area contributed by atoms with Crippen LogP contribution in [0.2, 0.25) is 0 Å². The number of rotatable bonds is 5. The van der Waals surface area contributed by atoms with Gasteiger partial charge in [-0.25, -0.2) is 9.97 Å². The summed E-state index contributed by atoms with van der Waals surface area (Å²) >= 11 is 0. The molecule has 0 amide bonds.